The fourth-order valence-electron chi connectivity index (χ4n) is 9.78. The summed E-state index contributed by atoms with van der Waals surface area (Å²) >= 11 is 0. The molecule has 11 nitrogen and oxygen atoms in total. The summed E-state index contributed by atoms with van der Waals surface area (Å²) in [6.07, 6.45) is 54.7. The topological polar surface area (TPSA) is 189 Å². The summed E-state index contributed by atoms with van der Waals surface area (Å²) < 4.78 is 11.1. The lowest BCUT2D eigenvalue weighted by molar-refractivity contribution is -0.303. The molecule has 1 aliphatic rings. The van der Waals surface area contributed by atoms with Crippen molar-refractivity contribution in [3.63, 3.8) is 0 Å². The van der Waals surface area contributed by atoms with Crippen LogP contribution in [0.5, 0.6) is 0 Å². The summed E-state index contributed by atoms with van der Waals surface area (Å²) in [5.74, 6) is -0.718. The minimum atomic E-state index is -1.68. The predicted molar refractivity (Wildman–Crippen MR) is 307 cm³/mol. The standard InChI is InChI=1S/C63H117NO10/c1-3-5-7-9-11-13-15-17-19-21-22-23-24-25-26-27-28-29-30-31-32-33-34-35-37-38-40-42-44-46-48-50-55(66)58(68)54(53-73-63-61(71)60(70)59(69)57(52-65)74-63)64-62(72)56(67)51-49-47-45-43-41-39-36-20-18-16-14-12-10-8-6-4-2/h12,14,18,20,35,37,42,44,54-61,63,65-71H,3-11,13,15-17,19,21-34,36,38-41,43,45-53H2,1-2H3,(H,64,72)/b14-12-,20-18-,37-35+,44-42+. The molecular weight excluding hydrogens is 931 g/mol. The average Bonchev–Trinajstić information content (AvgIpc) is 3.40. The van der Waals surface area contributed by atoms with Crippen LogP contribution >= 0.6 is 0 Å². The molecule has 11 heteroatoms. The Labute approximate surface area is 453 Å². The molecule has 0 saturated carbocycles. The van der Waals surface area contributed by atoms with Crippen molar-refractivity contribution < 1.29 is 50.0 Å². The SMILES string of the molecule is CCCCC/C=C\C/C=C\CCCCCCCCC(O)C(=O)NC(COC1OC(CO)C(O)C(O)C1O)C(O)C(O)CCC/C=C/CC/C=C/CCCCCCCCCCCCCCCCCCCCCCCC. The van der Waals surface area contributed by atoms with Crippen molar-refractivity contribution in [1.82, 2.24) is 5.32 Å². The zero-order chi connectivity index (χ0) is 54.0. The Morgan fingerprint density at radius 2 is 0.851 bits per heavy atom. The minimum Gasteiger partial charge on any atom is -0.394 e. The highest BCUT2D eigenvalue weighted by Crippen LogP contribution is 2.23. The van der Waals surface area contributed by atoms with Crippen LogP contribution in [0, 0.1) is 0 Å². The number of carbonyl (C=O) groups excluding carboxylic acids is 1. The van der Waals surface area contributed by atoms with E-state index in [1.165, 1.54) is 161 Å². The Balaban J connectivity index is 2.27. The van der Waals surface area contributed by atoms with E-state index in [0.717, 1.165) is 70.6 Å². The van der Waals surface area contributed by atoms with Gasteiger partial charge in [-0.1, -0.05) is 242 Å². The van der Waals surface area contributed by atoms with Gasteiger partial charge in [0, 0.05) is 0 Å². The molecule has 0 aliphatic carbocycles. The van der Waals surface area contributed by atoms with Crippen molar-refractivity contribution >= 4 is 5.91 Å². The second-order valence-corrected chi connectivity index (χ2v) is 21.8. The first-order valence-corrected chi connectivity index (χ1v) is 31.0. The molecule has 8 N–H and O–H groups in total. The molecule has 1 saturated heterocycles. The van der Waals surface area contributed by atoms with Crippen molar-refractivity contribution in [2.45, 2.75) is 332 Å². The largest absolute Gasteiger partial charge is 0.394 e. The molecule has 434 valence electrons. The molecule has 9 unspecified atom stereocenters. The van der Waals surface area contributed by atoms with Crippen LogP contribution in [0.4, 0.5) is 0 Å². The van der Waals surface area contributed by atoms with E-state index < -0.39 is 74.2 Å². The third-order valence-corrected chi connectivity index (χ3v) is 14.8. The summed E-state index contributed by atoms with van der Waals surface area (Å²) in [5, 5.41) is 76.1. The number of aliphatic hydroxyl groups is 7. The third kappa shape index (κ3) is 39.4. The lowest BCUT2D eigenvalue weighted by Gasteiger charge is -2.40. The molecule has 0 aromatic carbocycles. The van der Waals surface area contributed by atoms with E-state index in [9.17, 15) is 40.5 Å². The molecule has 0 aromatic rings. The van der Waals surface area contributed by atoms with E-state index in [-0.39, 0.29) is 12.8 Å². The van der Waals surface area contributed by atoms with E-state index in [4.69, 9.17) is 9.47 Å². The molecule has 9 atom stereocenters. The average molecular weight is 1050 g/mol. The Hall–Kier alpha value is -1.93. The minimum absolute atomic E-state index is 0.237. The smallest absolute Gasteiger partial charge is 0.249 e. The number of rotatable bonds is 53. The van der Waals surface area contributed by atoms with E-state index in [0.29, 0.717) is 19.3 Å². The molecule has 1 fully saturated rings. The lowest BCUT2D eigenvalue weighted by Crippen LogP contribution is -2.60. The monoisotopic (exact) mass is 1050 g/mol. The van der Waals surface area contributed by atoms with Gasteiger partial charge in [-0.25, -0.2) is 0 Å². The summed E-state index contributed by atoms with van der Waals surface area (Å²) in [6.45, 7) is 3.42. The molecule has 1 amide bonds. The van der Waals surface area contributed by atoms with Gasteiger partial charge in [0.15, 0.2) is 6.29 Å². The van der Waals surface area contributed by atoms with Crippen LogP contribution < -0.4 is 5.32 Å². The molecule has 1 rings (SSSR count). The second-order valence-electron chi connectivity index (χ2n) is 21.8. The molecule has 74 heavy (non-hydrogen) atoms. The maximum atomic E-state index is 13.2. The first-order chi connectivity index (χ1) is 36.2. The number of carbonyl (C=O) groups is 1. The van der Waals surface area contributed by atoms with Gasteiger partial charge in [-0.3, -0.25) is 4.79 Å². The zero-order valence-electron chi connectivity index (χ0n) is 47.6. The maximum absolute atomic E-state index is 13.2. The highest BCUT2D eigenvalue weighted by atomic mass is 16.7. The molecule has 1 heterocycles. The molecule has 0 aromatic heterocycles. The summed E-state index contributed by atoms with van der Waals surface area (Å²) in [7, 11) is 0. The maximum Gasteiger partial charge on any atom is 0.249 e. The fraction of sp³-hybridized carbons (Fsp3) is 0.857. The fourth-order valence-corrected chi connectivity index (χ4v) is 9.78. The van der Waals surface area contributed by atoms with Gasteiger partial charge in [-0.2, -0.15) is 0 Å². The number of unbranched alkanes of at least 4 members (excludes halogenated alkanes) is 33. The van der Waals surface area contributed by atoms with Gasteiger partial charge >= 0.3 is 0 Å². The van der Waals surface area contributed by atoms with Crippen LogP contribution in [0.25, 0.3) is 0 Å². The van der Waals surface area contributed by atoms with Gasteiger partial charge < -0.3 is 50.5 Å². The Bertz CT molecular complexity index is 1340. The summed E-state index contributed by atoms with van der Waals surface area (Å²) in [6, 6.07) is -1.20. The van der Waals surface area contributed by atoms with Crippen molar-refractivity contribution in [3.8, 4) is 0 Å². The van der Waals surface area contributed by atoms with Crippen LogP contribution in [-0.2, 0) is 14.3 Å². The first kappa shape index (κ1) is 70.1. The molecule has 0 radical (unpaired) electrons. The number of ether oxygens (including phenoxy) is 2. The Morgan fingerprint density at radius 1 is 0.473 bits per heavy atom. The highest BCUT2D eigenvalue weighted by Gasteiger charge is 2.44. The van der Waals surface area contributed by atoms with Gasteiger partial charge in [0.2, 0.25) is 5.91 Å². The van der Waals surface area contributed by atoms with Gasteiger partial charge in [-0.15, -0.1) is 0 Å². The number of allylic oxidation sites excluding steroid dienone is 8. The molecular formula is C63H117NO10. The Morgan fingerprint density at radius 3 is 1.31 bits per heavy atom. The van der Waals surface area contributed by atoms with Crippen LogP contribution in [0.2, 0.25) is 0 Å². The predicted octanol–water partition coefficient (Wildman–Crippen LogP) is 13.6. The second kappa shape index (κ2) is 51.8. The van der Waals surface area contributed by atoms with E-state index in [2.05, 4.69) is 67.8 Å². The van der Waals surface area contributed by atoms with Gasteiger partial charge in [0.1, 0.15) is 36.6 Å². The zero-order valence-corrected chi connectivity index (χ0v) is 47.6. The van der Waals surface area contributed by atoms with E-state index in [1.807, 2.05) is 0 Å². The van der Waals surface area contributed by atoms with E-state index >= 15 is 0 Å². The number of hydrogen-bond donors (Lipinski definition) is 8. The van der Waals surface area contributed by atoms with Crippen LogP contribution in [0.15, 0.2) is 48.6 Å². The molecule has 1 aliphatic heterocycles. The van der Waals surface area contributed by atoms with Crippen LogP contribution in [0.1, 0.15) is 277 Å². The molecule has 0 bridgehead atoms. The van der Waals surface area contributed by atoms with Crippen molar-refractivity contribution in [2.24, 2.45) is 0 Å². The Kier molecular flexibility index (Phi) is 49.1. The van der Waals surface area contributed by atoms with Gasteiger partial charge in [-0.05, 0) is 83.5 Å². The van der Waals surface area contributed by atoms with Crippen molar-refractivity contribution in [3.05, 3.63) is 48.6 Å². The van der Waals surface area contributed by atoms with Gasteiger partial charge in [0.25, 0.3) is 0 Å². The first-order valence-electron chi connectivity index (χ1n) is 31.0. The third-order valence-electron chi connectivity index (χ3n) is 14.8. The van der Waals surface area contributed by atoms with Crippen LogP contribution in [0.3, 0.4) is 0 Å². The summed E-state index contributed by atoms with van der Waals surface area (Å²) in [4.78, 5) is 13.2. The lowest BCUT2D eigenvalue weighted by atomic mass is 9.98. The van der Waals surface area contributed by atoms with Crippen molar-refractivity contribution in [1.29, 1.82) is 0 Å². The number of nitrogens with one attached hydrogen (secondary N) is 1. The quantitative estimate of drug-likeness (QED) is 0.0215. The van der Waals surface area contributed by atoms with E-state index in [1.54, 1.807) is 0 Å². The normalized spacial score (nSPS) is 20.1. The molecule has 0 spiro atoms. The number of amides is 1. The summed E-state index contributed by atoms with van der Waals surface area (Å²) in [5.41, 5.74) is 0. The number of hydrogen-bond acceptors (Lipinski definition) is 10. The van der Waals surface area contributed by atoms with Crippen LogP contribution in [-0.4, -0.2) is 110 Å². The van der Waals surface area contributed by atoms with Gasteiger partial charge in [0.05, 0.1) is 25.4 Å². The number of aliphatic hydroxyl groups excluding tert-OH is 7. The highest BCUT2D eigenvalue weighted by molar-refractivity contribution is 5.80. The van der Waals surface area contributed by atoms with Crippen molar-refractivity contribution in [2.75, 3.05) is 13.2 Å².